The van der Waals surface area contributed by atoms with Gasteiger partial charge in [-0.15, -0.1) is 0 Å². The minimum atomic E-state index is -0.542. The van der Waals surface area contributed by atoms with E-state index in [9.17, 15) is 4.39 Å². The molecule has 1 aliphatic rings. The summed E-state index contributed by atoms with van der Waals surface area (Å²) >= 11 is 5.72. The van der Waals surface area contributed by atoms with E-state index in [1.165, 1.54) is 0 Å². The van der Waals surface area contributed by atoms with Crippen molar-refractivity contribution in [3.8, 4) is 0 Å². The van der Waals surface area contributed by atoms with Crippen LogP contribution < -0.4 is 16.0 Å². The molecule has 0 atom stereocenters. The number of hydrogen-bond acceptors (Lipinski definition) is 9. The number of hydrogen-bond donors (Lipinski definition) is 3. The van der Waals surface area contributed by atoms with Crippen LogP contribution in [0.3, 0.4) is 0 Å². The van der Waals surface area contributed by atoms with E-state index >= 15 is 0 Å². The molecule has 3 N–H and O–H groups in total. The lowest BCUT2D eigenvalue weighted by Gasteiger charge is -2.26. The number of aromatic nitrogens is 4. The summed E-state index contributed by atoms with van der Waals surface area (Å²) in [4.78, 5) is 18.6. The summed E-state index contributed by atoms with van der Waals surface area (Å²) in [5, 5.41) is 9.53. The first-order chi connectivity index (χ1) is 16.2. The molecule has 0 radical (unpaired) electrons. The van der Waals surface area contributed by atoms with Gasteiger partial charge in [-0.2, -0.15) is 9.97 Å². The molecule has 1 aromatic carbocycles. The van der Waals surface area contributed by atoms with Crippen LogP contribution in [0.25, 0.3) is 0 Å². The summed E-state index contributed by atoms with van der Waals surface area (Å²) in [5.74, 6) is 0.895. The quantitative estimate of drug-likeness (QED) is 0.384. The maximum atomic E-state index is 13.7. The summed E-state index contributed by atoms with van der Waals surface area (Å²) in [6.45, 7) is 6.27. The lowest BCUT2D eigenvalue weighted by molar-refractivity contribution is 0.0398. The molecule has 11 heteroatoms. The van der Waals surface area contributed by atoms with E-state index in [2.05, 4.69) is 40.8 Å². The lowest BCUT2D eigenvalue weighted by atomic mass is 10.1. The number of nitrogens with one attached hydrogen (secondary N) is 3. The van der Waals surface area contributed by atoms with Crippen molar-refractivity contribution >= 4 is 29.2 Å². The van der Waals surface area contributed by atoms with Crippen LogP contribution in [0, 0.1) is 5.82 Å². The average molecular weight is 473 g/mol. The fourth-order valence-electron chi connectivity index (χ4n) is 3.32. The molecule has 0 aliphatic carbocycles. The topological polar surface area (TPSA) is 100 Å². The number of nitrogens with zero attached hydrogens (tertiary/aromatic N) is 5. The molecule has 1 aliphatic heterocycles. The van der Waals surface area contributed by atoms with Crippen LogP contribution in [0.2, 0.25) is 5.28 Å². The fraction of sp³-hybridized carbons (Fsp3) is 0.364. The second-order valence-electron chi connectivity index (χ2n) is 7.51. The van der Waals surface area contributed by atoms with Crippen molar-refractivity contribution in [2.75, 3.05) is 55.3 Å². The van der Waals surface area contributed by atoms with E-state index in [4.69, 9.17) is 16.3 Å². The Hall–Kier alpha value is -3.08. The third kappa shape index (κ3) is 7.21. The zero-order valence-corrected chi connectivity index (χ0v) is 18.9. The Morgan fingerprint density at radius 2 is 1.67 bits per heavy atom. The van der Waals surface area contributed by atoms with Gasteiger partial charge >= 0.3 is 0 Å². The highest BCUT2D eigenvalue weighted by molar-refractivity contribution is 6.28. The van der Waals surface area contributed by atoms with Gasteiger partial charge in [0, 0.05) is 45.5 Å². The van der Waals surface area contributed by atoms with Crippen LogP contribution in [0.15, 0.2) is 42.7 Å². The first kappa shape index (κ1) is 23.1. The fourth-order valence-corrected chi connectivity index (χ4v) is 3.45. The van der Waals surface area contributed by atoms with Gasteiger partial charge in [-0.05, 0) is 28.8 Å². The maximum Gasteiger partial charge on any atom is 0.224 e. The molecule has 3 heterocycles. The van der Waals surface area contributed by atoms with Crippen molar-refractivity contribution in [3.05, 3.63) is 65.0 Å². The van der Waals surface area contributed by atoms with Gasteiger partial charge in [-0.25, -0.2) is 14.4 Å². The number of rotatable bonds is 10. The smallest absolute Gasteiger partial charge is 0.224 e. The molecule has 0 bridgehead atoms. The van der Waals surface area contributed by atoms with Gasteiger partial charge in [-0.1, -0.05) is 24.3 Å². The SMILES string of the molecule is Fc1cnc(Cl)nc1NCc1ccc(CNc2ccnc(NCCN3CCOCC3)n2)cc1. The van der Waals surface area contributed by atoms with Crippen molar-refractivity contribution in [2.45, 2.75) is 13.1 Å². The number of ether oxygens (including phenoxy) is 1. The second-order valence-corrected chi connectivity index (χ2v) is 7.84. The van der Waals surface area contributed by atoms with Crippen molar-refractivity contribution in [2.24, 2.45) is 0 Å². The number of halogens is 2. The van der Waals surface area contributed by atoms with Crippen LogP contribution in [0.1, 0.15) is 11.1 Å². The highest BCUT2D eigenvalue weighted by Crippen LogP contribution is 2.14. The molecule has 9 nitrogen and oxygen atoms in total. The summed E-state index contributed by atoms with van der Waals surface area (Å²) in [5.41, 5.74) is 2.08. The Balaban J connectivity index is 1.22. The zero-order valence-electron chi connectivity index (χ0n) is 18.1. The normalized spacial score (nSPS) is 14.1. The van der Waals surface area contributed by atoms with Crippen LogP contribution in [0.4, 0.5) is 22.0 Å². The summed E-state index contributed by atoms with van der Waals surface area (Å²) in [6, 6.07) is 9.81. The summed E-state index contributed by atoms with van der Waals surface area (Å²) < 4.78 is 19.1. The van der Waals surface area contributed by atoms with E-state index in [0.29, 0.717) is 19.0 Å². The Bertz CT molecular complexity index is 1030. The first-order valence-corrected chi connectivity index (χ1v) is 11.1. The van der Waals surface area contributed by atoms with Gasteiger partial charge in [0.15, 0.2) is 11.6 Å². The van der Waals surface area contributed by atoms with E-state index < -0.39 is 5.82 Å². The molecule has 2 aromatic heterocycles. The predicted octanol–water partition coefficient (Wildman–Crippen LogP) is 3.03. The molecule has 0 spiro atoms. The van der Waals surface area contributed by atoms with Gasteiger partial charge in [0.05, 0.1) is 19.4 Å². The van der Waals surface area contributed by atoms with Gasteiger partial charge in [0.25, 0.3) is 0 Å². The van der Waals surface area contributed by atoms with Gasteiger partial charge in [-0.3, -0.25) is 4.90 Å². The average Bonchev–Trinajstić information content (AvgIpc) is 2.85. The van der Waals surface area contributed by atoms with Crippen molar-refractivity contribution in [1.29, 1.82) is 0 Å². The van der Waals surface area contributed by atoms with Crippen molar-refractivity contribution in [1.82, 2.24) is 24.8 Å². The van der Waals surface area contributed by atoms with Gasteiger partial charge in [0.1, 0.15) is 5.82 Å². The largest absolute Gasteiger partial charge is 0.379 e. The monoisotopic (exact) mass is 472 g/mol. The van der Waals surface area contributed by atoms with Crippen LogP contribution in [0.5, 0.6) is 0 Å². The van der Waals surface area contributed by atoms with E-state index in [0.717, 1.165) is 62.5 Å². The lowest BCUT2D eigenvalue weighted by Crippen LogP contribution is -2.39. The number of anilines is 3. The molecule has 1 fully saturated rings. The highest BCUT2D eigenvalue weighted by Gasteiger charge is 2.10. The Labute approximate surface area is 196 Å². The first-order valence-electron chi connectivity index (χ1n) is 10.8. The molecule has 3 aromatic rings. The molecule has 1 saturated heterocycles. The Morgan fingerprint density at radius 3 is 2.42 bits per heavy atom. The minimum Gasteiger partial charge on any atom is -0.379 e. The van der Waals surface area contributed by atoms with Crippen molar-refractivity contribution in [3.63, 3.8) is 0 Å². The standard InChI is InChI=1S/C22H26ClFN8O/c23-21-29-15-18(24)20(31-21)28-14-17-3-1-16(2-4-17)13-27-19-5-6-25-22(30-19)26-7-8-32-9-11-33-12-10-32/h1-6,15H,7-14H2,(H,28,29,31)(H2,25,26,27,30). The van der Waals surface area contributed by atoms with Crippen LogP contribution in [-0.2, 0) is 17.8 Å². The third-order valence-electron chi connectivity index (χ3n) is 5.14. The Morgan fingerprint density at radius 1 is 0.939 bits per heavy atom. The summed E-state index contributed by atoms with van der Waals surface area (Å²) in [6.07, 6.45) is 2.78. The predicted molar refractivity (Wildman–Crippen MR) is 126 cm³/mol. The third-order valence-corrected chi connectivity index (χ3v) is 5.32. The molecule has 174 valence electrons. The van der Waals surface area contributed by atoms with Crippen LogP contribution in [-0.4, -0.2) is 64.2 Å². The zero-order chi connectivity index (χ0) is 22.9. The van der Waals surface area contributed by atoms with E-state index in [1.54, 1.807) is 6.20 Å². The summed E-state index contributed by atoms with van der Waals surface area (Å²) in [7, 11) is 0. The molecular formula is C22H26ClFN8O. The number of benzene rings is 1. The van der Waals surface area contributed by atoms with E-state index in [1.807, 2.05) is 30.3 Å². The minimum absolute atomic E-state index is 0.000466. The highest BCUT2D eigenvalue weighted by atomic mass is 35.5. The van der Waals surface area contributed by atoms with Gasteiger partial charge < -0.3 is 20.7 Å². The molecular weight excluding hydrogens is 447 g/mol. The molecule has 4 rings (SSSR count). The second kappa shape index (κ2) is 11.7. The Kier molecular flexibility index (Phi) is 8.18. The molecule has 33 heavy (non-hydrogen) atoms. The molecule has 0 amide bonds. The molecule has 0 saturated carbocycles. The van der Waals surface area contributed by atoms with Crippen LogP contribution >= 0.6 is 11.6 Å². The maximum absolute atomic E-state index is 13.7. The number of morpholine rings is 1. The van der Waals surface area contributed by atoms with Gasteiger partial charge in [0.2, 0.25) is 11.2 Å². The molecule has 0 unspecified atom stereocenters. The van der Waals surface area contributed by atoms with E-state index in [-0.39, 0.29) is 11.1 Å². The van der Waals surface area contributed by atoms with Crippen molar-refractivity contribution < 1.29 is 9.13 Å².